The molecule has 0 bridgehead atoms. The van der Waals surface area contributed by atoms with Crippen LogP contribution in [0.2, 0.25) is 0 Å². The standard InChI is InChI=1S/C20H27F3N4O/c1-11(2)17-9-13(14-10-24-27(12(3)4)18(14)25-17)19(28)26-16-8-6-5-7-15(16)20(21,22)23/h9-12,15-16H,5-8H2,1-4H3,(H,26,28). The van der Waals surface area contributed by atoms with E-state index in [4.69, 9.17) is 0 Å². The van der Waals surface area contributed by atoms with Gasteiger partial charge in [0.05, 0.1) is 23.1 Å². The van der Waals surface area contributed by atoms with Crippen LogP contribution in [0, 0.1) is 5.92 Å². The number of carbonyl (C=O) groups is 1. The molecule has 1 aliphatic carbocycles. The number of nitrogens with one attached hydrogen (secondary N) is 1. The van der Waals surface area contributed by atoms with Crippen LogP contribution < -0.4 is 5.32 Å². The molecule has 2 aromatic rings. The first-order valence-electron chi connectivity index (χ1n) is 9.85. The highest BCUT2D eigenvalue weighted by Gasteiger charge is 2.46. The zero-order valence-electron chi connectivity index (χ0n) is 16.7. The first kappa shape index (κ1) is 20.6. The molecule has 1 amide bonds. The summed E-state index contributed by atoms with van der Waals surface area (Å²) in [6.07, 6.45) is -1.11. The molecule has 2 atom stereocenters. The van der Waals surface area contributed by atoms with Crippen LogP contribution >= 0.6 is 0 Å². The van der Waals surface area contributed by atoms with Gasteiger partial charge in [-0.05, 0) is 38.7 Å². The normalized spacial score (nSPS) is 20.9. The summed E-state index contributed by atoms with van der Waals surface area (Å²) in [5.41, 5.74) is 1.64. The number of amides is 1. The van der Waals surface area contributed by atoms with Crippen LogP contribution in [0.5, 0.6) is 0 Å². The highest BCUT2D eigenvalue weighted by atomic mass is 19.4. The molecule has 1 aliphatic rings. The topological polar surface area (TPSA) is 59.8 Å². The van der Waals surface area contributed by atoms with E-state index in [2.05, 4.69) is 15.4 Å². The Morgan fingerprint density at radius 2 is 1.89 bits per heavy atom. The van der Waals surface area contributed by atoms with Crippen molar-refractivity contribution in [2.45, 2.75) is 77.6 Å². The van der Waals surface area contributed by atoms with E-state index in [0.29, 0.717) is 35.9 Å². The van der Waals surface area contributed by atoms with Crippen molar-refractivity contribution in [1.29, 1.82) is 0 Å². The van der Waals surface area contributed by atoms with Crippen molar-refractivity contribution in [3.05, 3.63) is 23.5 Å². The molecule has 3 rings (SSSR count). The highest BCUT2D eigenvalue weighted by Crippen LogP contribution is 2.38. The highest BCUT2D eigenvalue weighted by molar-refractivity contribution is 6.05. The predicted octanol–water partition coefficient (Wildman–Crippen LogP) is 4.99. The average molecular weight is 396 g/mol. The van der Waals surface area contributed by atoms with Gasteiger partial charge in [0.2, 0.25) is 0 Å². The van der Waals surface area contributed by atoms with E-state index in [1.54, 1.807) is 16.9 Å². The second-order valence-electron chi connectivity index (χ2n) is 8.18. The summed E-state index contributed by atoms with van der Waals surface area (Å²) in [7, 11) is 0. The average Bonchev–Trinajstić information content (AvgIpc) is 3.04. The Labute approximate surface area is 162 Å². The minimum Gasteiger partial charge on any atom is -0.349 e. The third kappa shape index (κ3) is 4.00. The van der Waals surface area contributed by atoms with E-state index in [1.807, 2.05) is 27.7 Å². The molecule has 0 aromatic carbocycles. The molecule has 0 saturated heterocycles. The van der Waals surface area contributed by atoms with Crippen LogP contribution in [0.25, 0.3) is 11.0 Å². The van der Waals surface area contributed by atoms with Crippen molar-refractivity contribution in [2.24, 2.45) is 5.92 Å². The molecule has 2 unspecified atom stereocenters. The van der Waals surface area contributed by atoms with Crippen LogP contribution in [0.15, 0.2) is 12.3 Å². The first-order chi connectivity index (χ1) is 13.1. The molecule has 0 spiro atoms. The van der Waals surface area contributed by atoms with Crippen molar-refractivity contribution < 1.29 is 18.0 Å². The lowest BCUT2D eigenvalue weighted by molar-refractivity contribution is -0.187. The fraction of sp³-hybridized carbons (Fsp3) is 0.650. The number of halogens is 3. The van der Waals surface area contributed by atoms with Gasteiger partial charge in [0.25, 0.3) is 5.91 Å². The Bertz CT molecular complexity index is 857. The van der Waals surface area contributed by atoms with Crippen molar-refractivity contribution in [1.82, 2.24) is 20.1 Å². The zero-order chi connectivity index (χ0) is 20.6. The lowest BCUT2D eigenvalue weighted by atomic mass is 9.84. The summed E-state index contributed by atoms with van der Waals surface area (Å²) < 4.78 is 41.9. The fourth-order valence-corrected chi connectivity index (χ4v) is 3.84. The number of carbonyl (C=O) groups excluding carboxylic acids is 1. The molecule has 2 aromatic heterocycles. The summed E-state index contributed by atoms with van der Waals surface area (Å²) >= 11 is 0. The minimum absolute atomic E-state index is 0.0521. The molecule has 1 fully saturated rings. The van der Waals surface area contributed by atoms with E-state index in [9.17, 15) is 18.0 Å². The maximum absolute atomic E-state index is 13.4. The number of pyridine rings is 1. The maximum Gasteiger partial charge on any atom is 0.393 e. The van der Waals surface area contributed by atoms with Crippen LogP contribution in [-0.2, 0) is 0 Å². The van der Waals surface area contributed by atoms with Crippen molar-refractivity contribution in [3.63, 3.8) is 0 Å². The number of rotatable bonds is 4. The predicted molar refractivity (Wildman–Crippen MR) is 101 cm³/mol. The molecule has 1 saturated carbocycles. The smallest absolute Gasteiger partial charge is 0.349 e. The molecule has 5 nitrogen and oxygen atoms in total. The van der Waals surface area contributed by atoms with E-state index >= 15 is 0 Å². The Morgan fingerprint density at radius 3 is 2.50 bits per heavy atom. The summed E-state index contributed by atoms with van der Waals surface area (Å²) in [4.78, 5) is 17.7. The van der Waals surface area contributed by atoms with E-state index < -0.39 is 24.0 Å². The largest absolute Gasteiger partial charge is 0.393 e. The van der Waals surface area contributed by atoms with Gasteiger partial charge in [-0.15, -0.1) is 0 Å². The van der Waals surface area contributed by atoms with Gasteiger partial charge in [-0.3, -0.25) is 4.79 Å². The quantitative estimate of drug-likeness (QED) is 0.792. The first-order valence-corrected chi connectivity index (χ1v) is 9.85. The molecular formula is C20H27F3N4O. The maximum atomic E-state index is 13.4. The minimum atomic E-state index is -4.31. The summed E-state index contributed by atoms with van der Waals surface area (Å²) in [5.74, 6) is -1.91. The molecule has 2 heterocycles. The van der Waals surface area contributed by atoms with Crippen LogP contribution in [0.1, 0.15) is 81.4 Å². The van der Waals surface area contributed by atoms with Crippen molar-refractivity contribution in [2.75, 3.05) is 0 Å². The third-order valence-electron chi connectivity index (χ3n) is 5.41. The molecule has 0 radical (unpaired) electrons. The van der Waals surface area contributed by atoms with Crippen LogP contribution in [0.3, 0.4) is 0 Å². The summed E-state index contributed by atoms with van der Waals surface area (Å²) in [6.45, 7) is 7.86. The van der Waals surface area contributed by atoms with E-state index in [1.165, 1.54) is 0 Å². The van der Waals surface area contributed by atoms with Crippen molar-refractivity contribution in [3.8, 4) is 0 Å². The monoisotopic (exact) mass is 396 g/mol. The number of aromatic nitrogens is 3. The van der Waals surface area contributed by atoms with Gasteiger partial charge in [0, 0.05) is 17.8 Å². The Hall–Kier alpha value is -2.12. The van der Waals surface area contributed by atoms with E-state index in [-0.39, 0.29) is 18.4 Å². The zero-order valence-corrected chi connectivity index (χ0v) is 16.7. The van der Waals surface area contributed by atoms with Gasteiger partial charge in [0.15, 0.2) is 5.65 Å². The second-order valence-corrected chi connectivity index (χ2v) is 8.18. The number of fused-ring (bicyclic) bond motifs is 1. The molecule has 8 heteroatoms. The molecule has 154 valence electrons. The summed E-state index contributed by atoms with van der Waals surface area (Å²) in [6, 6.07) is 0.837. The number of hydrogen-bond donors (Lipinski definition) is 1. The molecule has 28 heavy (non-hydrogen) atoms. The molecular weight excluding hydrogens is 369 g/mol. The van der Waals surface area contributed by atoms with Gasteiger partial charge in [-0.1, -0.05) is 26.7 Å². The second kappa shape index (κ2) is 7.72. The SMILES string of the molecule is CC(C)c1cc(C(=O)NC2CCCCC2C(F)(F)F)c2cnn(C(C)C)c2n1. The number of nitrogens with zero attached hydrogens (tertiary/aromatic N) is 3. The number of hydrogen-bond acceptors (Lipinski definition) is 3. The van der Waals surface area contributed by atoms with Crippen LogP contribution in [-0.4, -0.2) is 32.9 Å². The van der Waals surface area contributed by atoms with Gasteiger partial charge >= 0.3 is 6.18 Å². The Balaban J connectivity index is 1.98. The van der Waals surface area contributed by atoms with Gasteiger partial charge in [-0.2, -0.15) is 18.3 Å². The van der Waals surface area contributed by atoms with Gasteiger partial charge in [-0.25, -0.2) is 9.67 Å². The third-order valence-corrected chi connectivity index (χ3v) is 5.41. The number of alkyl halides is 3. The molecule has 0 aliphatic heterocycles. The Kier molecular flexibility index (Phi) is 5.68. The van der Waals surface area contributed by atoms with Gasteiger partial charge in [0.1, 0.15) is 0 Å². The lowest BCUT2D eigenvalue weighted by Crippen LogP contribution is -2.47. The fourth-order valence-electron chi connectivity index (χ4n) is 3.84. The van der Waals surface area contributed by atoms with E-state index in [0.717, 1.165) is 5.69 Å². The lowest BCUT2D eigenvalue weighted by Gasteiger charge is -2.33. The van der Waals surface area contributed by atoms with Gasteiger partial charge < -0.3 is 5.32 Å². The summed E-state index contributed by atoms with van der Waals surface area (Å²) in [5, 5.41) is 7.56. The van der Waals surface area contributed by atoms with Crippen LogP contribution in [0.4, 0.5) is 13.2 Å². The Morgan fingerprint density at radius 1 is 1.21 bits per heavy atom. The molecule has 1 N–H and O–H groups in total. The van der Waals surface area contributed by atoms with Crippen molar-refractivity contribution >= 4 is 16.9 Å².